The number of hydrogen-bond donors (Lipinski definition) is 1. The van der Waals surface area contributed by atoms with Crippen LogP contribution in [0.15, 0.2) is 72.3 Å². The van der Waals surface area contributed by atoms with Crippen molar-refractivity contribution in [3.05, 3.63) is 94.0 Å². The van der Waals surface area contributed by atoms with Gasteiger partial charge in [-0.1, -0.05) is 35.9 Å². The molecule has 7 nitrogen and oxygen atoms in total. The molecule has 1 saturated heterocycles. The lowest BCUT2D eigenvalue weighted by Gasteiger charge is -2.26. The summed E-state index contributed by atoms with van der Waals surface area (Å²) >= 11 is 6.18. The highest BCUT2D eigenvalue weighted by atomic mass is 35.5. The van der Waals surface area contributed by atoms with E-state index in [4.69, 9.17) is 25.8 Å². The Morgan fingerprint density at radius 3 is 2.35 bits per heavy atom. The number of hydrogen-bond acceptors (Lipinski definition) is 6. The first-order valence-electron chi connectivity index (χ1n) is 11.7. The molecule has 8 heteroatoms. The van der Waals surface area contributed by atoms with Crippen LogP contribution in [0.25, 0.3) is 5.76 Å². The first-order valence-corrected chi connectivity index (χ1v) is 12.1. The van der Waals surface area contributed by atoms with Crippen molar-refractivity contribution in [2.24, 2.45) is 0 Å². The molecule has 0 radical (unpaired) electrons. The van der Waals surface area contributed by atoms with Gasteiger partial charge < -0.3 is 24.2 Å². The van der Waals surface area contributed by atoms with E-state index in [0.717, 1.165) is 5.56 Å². The number of aliphatic hydroxyl groups is 1. The standard InChI is InChI=1S/C29H28ClNO6/c1-17(2)37-21-11-8-18(9-12-21)16-31-26(19-6-5-7-22(14-19)35-3)25(28(33)29(31)34)27(32)23-15-20(30)10-13-24(23)36-4/h5-15,17,26,32H,16H2,1-4H3/b27-25+. The third kappa shape index (κ3) is 5.42. The van der Waals surface area contributed by atoms with Gasteiger partial charge in [-0.15, -0.1) is 0 Å². The van der Waals surface area contributed by atoms with E-state index in [0.29, 0.717) is 27.8 Å². The number of Topliss-reactive ketones (excluding diaryl/α,β-unsaturated/α-hetero) is 1. The van der Waals surface area contributed by atoms with E-state index in [9.17, 15) is 14.7 Å². The van der Waals surface area contributed by atoms with Crippen molar-refractivity contribution >= 4 is 29.1 Å². The van der Waals surface area contributed by atoms with Gasteiger partial charge in [-0.05, 0) is 67.4 Å². The zero-order chi connectivity index (χ0) is 26.7. The van der Waals surface area contributed by atoms with Crippen LogP contribution in [0.4, 0.5) is 0 Å². The van der Waals surface area contributed by atoms with Gasteiger partial charge in [0, 0.05) is 11.6 Å². The zero-order valence-electron chi connectivity index (χ0n) is 21.0. The Bertz CT molecular complexity index is 1350. The lowest BCUT2D eigenvalue weighted by Crippen LogP contribution is -2.29. The van der Waals surface area contributed by atoms with Gasteiger partial charge in [0.2, 0.25) is 0 Å². The fourth-order valence-corrected chi connectivity index (χ4v) is 4.53. The Kier molecular flexibility index (Phi) is 7.74. The van der Waals surface area contributed by atoms with Crippen LogP contribution in [0.1, 0.15) is 36.6 Å². The summed E-state index contributed by atoms with van der Waals surface area (Å²) in [4.78, 5) is 28.2. The fraction of sp³-hybridized carbons (Fsp3) is 0.241. The lowest BCUT2D eigenvalue weighted by molar-refractivity contribution is -0.140. The molecule has 1 aliphatic heterocycles. The predicted molar refractivity (Wildman–Crippen MR) is 141 cm³/mol. The lowest BCUT2D eigenvalue weighted by atomic mass is 9.94. The minimum atomic E-state index is -0.870. The second-order valence-electron chi connectivity index (χ2n) is 8.86. The second-order valence-corrected chi connectivity index (χ2v) is 9.30. The van der Waals surface area contributed by atoms with Gasteiger partial charge in [-0.25, -0.2) is 0 Å². The number of halogens is 1. The molecule has 192 valence electrons. The first-order chi connectivity index (χ1) is 17.7. The van der Waals surface area contributed by atoms with Crippen molar-refractivity contribution in [1.29, 1.82) is 0 Å². The Morgan fingerprint density at radius 1 is 0.973 bits per heavy atom. The molecule has 1 atom stereocenters. The molecule has 1 N–H and O–H groups in total. The van der Waals surface area contributed by atoms with E-state index in [1.54, 1.807) is 36.4 Å². The topological polar surface area (TPSA) is 85.3 Å². The van der Waals surface area contributed by atoms with Crippen LogP contribution in [0.3, 0.4) is 0 Å². The molecule has 3 aromatic carbocycles. The van der Waals surface area contributed by atoms with Crippen LogP contribution in [0, 0.1) is 0 Å². The van der Waals surface area contributed by atoms with Crippen LogP contribution in [-0.2, 0) is 16.1 Å². The number of ketones is 1. The Morgan fingerprint density at radius 2 is 1.70 bits per heavy atom. The molecular weight excluding hydrogens is 494 g/mol. The molecule has 37 heavy (non-hydrogen) atoms. The van der Waals surface area contributed by atoms with E-state index in [1.165, 1.54) is 25.2 Å². The second kappa shape index (κ2) is 11.0. The first kappa shape index (κ1) is 26.1. The van der Waals surface area contributed by atoms with E-state index in [1.807, 2.05) is 38.1 Å². The van der Waals surface area contributed by atoms with Gasteiger partial charge >= 0.3 is 0 Å². The average molecular weight is 522 g/mol. The molecule has 3 aromatic rings. The van der Waals surface area contributed by atoms with Gasteiger partial charge in [0.1, 0.15) is 23.0 Å². The van der Waals surface area contributed by atoms with Crippen molar-refractivity contribution < 1.29 is 28.9 Å². The molecule has 0 saturated carbocycles. The number of rotatable bonds is 8. The molecule has 0 bridgehead atoms. The highest BCUT2D eigenvalue weighted by molar-refractivity contribution is 6.46. The zero-order valence-corrected chi connectivity index (χ0v) is 21.8. The number of ether oxygens (including phenoxy) is 3. The predicted octanol–water partition coefficient (Wildman–Crippen LogP) is 5.77. The van der Waals surface area contributed by atoms with E-state index >= 15 is 0 Å². The highest BCUT2D eigenvalue weighted by Crippen LogP contribution is 2.42. The van der Waals surface area contributed by atoms with Gasteiger partial charge in [-0.2, -0.15) is 0 Å². The van der Waals surface area contributed by atoms with E-state index in [2.05, 4.69) is 0 Å². The maximum absolute atomic E-state index is 13.4. The molecular formula is C29H28ClNO6. The van der Waals surface area contributed by atoms with Crippen molar-refractivity contribution in [1.82, 2.24) is 4.90 Å². The molecule has 1 aliphatic rings. The summed E-state index contributed by atoms with van der Waals surface area (Å²) in [5, 5.41) is 11.7. The number of benzene rings is 3. The third-order valence-corrected chi connectivity index (χ3v) is 6.25. The van der Waals surface area contributed by atoms with E-state index in [-0.39, 0.29) is 29.5 Å². The molecule has 1 fully saturated rings. The van der Waals surface area contributed by atoms with Gasteiger partial charge in [0.05, 0.1) is 37.5 Å². The molecule has 1 unspecified atom stereocenters. The Balaban J connectivity index is 1.84. The Labute approximate surface area is 220 Å². The molecule has 1 heterocycles. The summed E-state index contributed by atoms with van der Waals surface area (Å²) in [5.74, 6) is -0.311. The molecule has 0 spiro atoms. The summed E-state index contributed by atoms with van der Waals surface area (Å²) in [6.07, 6.45) is 0.0280. The Hall–Kier alpha value is -3.97. The van der Waals surface area contributed by atoms with Crippen molar-refractivity contribution in [3.63, 3.8) is 0 Å². The third-order valence-electron chi connectivity index (χ3n) is 6.01. The van der Waals surface area contributed by atoms with E-state index < -0.39 is 17.7 Å². The summed E-state index contributed by atoms with van der Waals surface area (Å²) in [5.41, 5.74) is 1.57. The normalized spacial score (nSPS) is 16.8. The number of carbonyl (C=O) groups is 2. The molecule has 4 rings (SSSR count). The number of nitrogens with zero attached hydrogens (tertiary/aromatic N) is 1. The van der Waals surface area contributed by atoms with Crippen LogP contribution >= 0.6 is 11.6 Å². The van der Waals surface area contributed by atoms with Crippen LogP contribution in [0.5, 0.6) is 17.2 Å². The number of methoxy groups -OCH3 is 2. The quantitative estimate of drug-likeness (QED) is 0.230. The summed E-state index contributed by atoms with van der Waals surface area (Å²) in [7, 11) is 2.98. The van der Waals surface area contributed by atoms with Gasteiger partial charge in [0.25, 0.3) is 11.7 Å². The van der Waals surface area contributed by atoms with Crippen molar-refractivity contribution in [2.45, 2.75) is 32.5 Å². The minimum Gasteiger partial charge on any atom is -0.507 e. The fourth-order valence-electron chi connectivity index (χ4n) is 4.35. The number of carbonyl (C=O) groups excluding carboxylic acids is 2. The minimum absolute atomic E-state index is 0.0280. The number of aliphatic hydroxyl groups excluding tert-OH is 1. The summed E-state index contributed by atoms with van der Waals surface area (Å²) < 4.78 is 16.5. The van der Waals surface area contributed by atoms with Crippen molar-refractivity contribution in [2.75, 3.05) is 14.2 Å². The highest BCUT2D eigenvalue weighted by Gasteiger charge is 2.46. The molecule has 0 aromatic heterocycles. The number of amides is 1. The smallest absolute Gasteiger partial charge is 0.295 e. The average Bonchev–Trinajstić information content (AvgIpc) is 3.14. The maximum Gasteiger partial charge on any atom is 0.295 e. The molecule has 0 aliphatic carbocycles. The maximum atomic E-state index is 13.4. The van der Waals surface area contributed by atoms with Crippen LogP contribution in [0.2, 0.25) is 5.02 Å². The SMILES string of the molecule is COc1cccc(C2/C(=C(\O)c3cc(Cl)ccc3OC)C(=O)C(=O)N2Cc2ccc(OC(C)C)cc2)c1. The molecule has 1 amide bonds. The van der Waals surface area contributed by atoms with Gasteiger partial charge in [-0.3, -0.25) is 9.59 Å². The monoisotopic (exact) mass is 521 g/mol. The number of likely N-dealkylation sites (tertiary alicyclic amines) is 1. The summed E-state index contributed by atoms with van der Waals surface area (Å²) in [6, 6.07) is 18.2. The van der Waals surface area contributed by atoms with Crippen LogP contribution < -0.4 is 14.2 Å². The summed E-state index contributed by atoms with van der Waals surface area (Å²) in [6.45, 7) is 4.02. The van der Waals surface area contributed by atoms with Crippen molar-refractivity contribution in [3.8, 4) is 17.2 Å². The van der Waals surface area contributed by atoms with Gasteiger partial charge in [0.15, 0.2) is 0 Å². The van der Waals surface area contributed by atoms with Crippen LogP contribution in [-0.4, -0.2) is 42.0 Å². The largest absolute Gasteiger partial charge is 0.507 e.